The Morgan fingerprint density at radius 1 is 0.872 bits per heavy atom. The van der Waals surface area contributed by atoms with Crippen molar-refractivity contribution < 1.29 is 32.7 Å². The molecule has 0 saturated heterocycles. The van der Waals surface area contributed by atoms with Crippen LogP contribution in [0.4, 0.5) is 0 Å². The fraction of sp³-hybridized carbons (Fsp3) is 0.207. The van der Waals surface area contributed by atoms with Gasteiger partial charge in [-0.1, -0.05) is 18.6 Å². The quantitative estimate of drug-likeness (QED) is 0.107. The molecule has 0 saturated carbocycles. The van der Waals surface area contributed by atoms with Gasteiger partial charge in [0.15, 0.2) is 0 Å². The van der Waals surface area contributed by atoms with Crippen LogP contribution in [0, 0.1) is 0 Å². The number of rotatable bonds is 10. The molecule has 0 radical (unpaired) electrons. The summed E-state index contributed by atoms with van der Waals surface area (Å²) in [6.45, 7) is 0.412. The highest BCUT2D eigenvalue weighted by molar-refractivity contribution is 6.21. The second-order valence-corrected chi connectivity index (χ2v) is 9.00. The van der Waals surface area contributed by atoms with Crippen LogP contribution in [-0.2, 0) is 11.3 Å². The average Bonchev–Trinajstić information content (AvgIpc) is 3.54. The summed E-state index contributed by atoms with van der Waals surface area (Å²) in [7, 11) is 0. The Kier molecular flexibility index (Phi) is 7.35. The van der Waals surface area contributed by atoms with Crippen LogP contribution in [0.15, 0.2) is 80.6 Å². The maximum absolute atomic E-state index is 12.4. The van der Waals surface area contributed by atoms with Crippen LogP contribution in [0.1, 0.15) is 62.5 Å². The molecule has 3 heterocycles. The lowest BCUT2D eigenvalue weighted by atomic mass is 10.1. The van der Waals surface area contributed by atoms with Gasteiger partial charge in [0.05, 0.1) is 23.9 Å². The van der Waals surface area contributed by atoms with Crippen molar-refractivity contribution in [3.05, 3.63) is 99.8 Å². The monoisotopic (exact) mass is 528 g/mol. The first kappa shape index (κ1) is 25.7. The SMILES string of the molecule is O=C(CCCCCN1C(=O)c2ccccc2C1=O)Oc1ccc2cc(C(=O)NCc3ccco3)c(=O)oc2c1. The van der Waals surface area contributed by atoms with Gasteiger partial charge in [0, 0.05) is 24.4 Å². The van der Waals surface area contributed by atoms with E-state index >= 15 is 0 Å². The molecule has 0 bridgehead atoms. The molecule has 1 N–H and O–H groups in total. The minimum atomic E-state index is -0.819. The first-order valence-corrected chi connectivity index (χ1v) is 12.4. The van der Waals surface area contributed by atoms with Gasteiger partial charge in [0.2, 0.25) is 0 Å². The number of fused-ring (bicyclic) bond motifs is 2. The fourth-order valence-corrected chi connectivity index (χ4v) is 4.33. The zero-order valence-electron chi connectivity index (χ0n) is 20.8. The van der Waals surface area contributed by atoms with Crippen LogP contribution in [0.3, 0.4) is 0 Å². The normalized spacial score (nSPS) is 12.6. The van der Waals surface area contributed by atoms with Crippen LogP contribution in [0.25, 0.3) is 11.0 Å². The van der Waals surface area contributed by atoms with Gasteiger partial charge < -0.3 is 18.9 Å². The number of imide groups is 1. The van der Waals surface area contributed by atoms with E-state index in [-0.39, 0.29) is 48.2 Å². The van der Waals surface area contributed by atoms with E-state index in [0.717, 1.165) is 0 Å². The first-order valence-electron chi connectivity index (χ1n) is 12.4. The second kappa shape index (κ2) is 11.2. The molecular formula is C29H24N2O8. The Morgan fingerprint density at radius 3 is 2.36 bits per heavy atom. The Bertz CT molecular complexity index is 1590. The number of carbonyl (C=O) groups is 4. The third kappa shape index (κ3) is 5.64. The molecule has 0 spiro atoms. The van der Waals surface area contributed by atoms with E-state index in [2.05, 4.69) is 5.32 Å². The first-order chi connectivity index (χ1) is 18.9. The molecule has 0 aliphatic carbocycles. The number of amides is 3. The van der Waals surface area contributed by atoms with Gasteiger partial charge >= 0.3 is 11.6 Å². The number of hydrogen-bond acceptors (Lipinski definition) is 8. The van der Waals surface area contributed by atoms with Gasteiger partial charge in [0.1, 0.15) is 22.7 Å². The molecule has 5 rings (SSSR count). The van der Waals surface area contributed by atoms with E-state index in [4.69, 9.17) is 13.6 Å². The maximum atomic E-state index is 12.4. The Morgan fingerprint density at radius 2 is 1.64 bits per heavy atom. The highest BCUT2D eigenvalue weighted by atomic mass is 16.5. The van der Waals surface area contributed by atoms with Crippen molar-refractivity contribution in [2.45, 2.75) is 32.2 Å². The molecular weight excluding hydrogens is 504 g/mol. The smallest absolute Gasteiger partial charge is 0.349 e. The van der Waals surface area contributed by atoms with Gasteiger partial charge in [-0.15, -0.1) is 0 Å². The highest BCUT2D eigenvalue weighted by Gasteiger charge is 2.34. The summed E-state index contributed by atoms with van der Waals surface area (Å²) in [5.74, 6) is -0.898. The minimum absolute atomic E-state index is 0.126. The topological polar surface area (TPSA) is 136 Å². The molecule has 10 nitrogen and oxygen atoms in total. The summed E-state index contributed by atoms with van der Waals surface area (Å²) in [5.41, 5.74) is 0.0403. The third-order valence-electron chi connectivity index (χ3n) is 6.33. The predicted molar refractivity (Wildman–Crippen MR) is 138 cm³/mol. The van der Waals surface area contributed by atoms with Crippen molar-refractivity contribution in [3.63, 3.8) is 0 Å². The van der Waals surface area contributed by atoms with E-state index in [1.54, 1.807) is 48.5 Å². The van der Waals surface area contributed by atoms with Crippen molar-refractivity contribution in [1.29, 1.82) is 0 Å². The standard InChI is InChI=1S/C29H24N2O8/c32-25(10-2-1-5-13-31-27(34)21-8-3-4-9-22(21)28(31)35)38-19-12-11-18-15-23(29(36)39-24(18)16-19)26(33)30-17-20-7-6-14-37-20/h3-4,6-9,11-12,14-16H,1-2,5,10,13,17H2,(H,30,33). The molecule has 39 heavy (non-hydrogen) atoms. The molecule has 0 atom stereocenters. The van der Waals surface area contributed by atoms with Crippen molar-refractivity contribution in [2.75, 3.05) is 6.54 Å². The lowest BCUT2D eigenvalue weighted by Gasteiger charge is -2.13. The molecule has 1 aliphatic rings. The second-order valence-electron chi connectivity index (χ2n) is 9.00. The number of nitrogens with one attached hydrogen (secondary N) is 1. The summed E-state index contributed by atoms with van der Waals surface area (Å²) in [5, 5.41) is 3.09. The van der Waals surface area contributed by atoms with Crippen LogP contribution in [0.5, 0.6) is 5.75 Å². The molecule has 198 valence electrons. The van der Waals surface area contributed by atoms with Gasteiger partial charge in [-0.25, -0.2) is 4.79 Å². The van der Waals surface area contributed by atoms with Crippen LogP contribution < -0.4 is 15.7 Å². The summed E-state index contributed by atoms with van der Waals surface area (Å²) in [4.78, 5) is 63.1. The summed E-state index contributed by atoms with van der Waals surface area (Å²) >= 11 is 0. The molecule has 0 fully saturated rings. The minimum Gasteiger partial charge on any atom is -0.467 e. The van der Waals surface area contributed by atoms with Crippen molar-refractivity contribution >= 4 is 34.7 Å². The number of esters is 1. The summed E-state index contributed by atoms with van der Waals surface area (Å²) in [6.07, 6.45) is 3.33. The van der Waals surface area contributed by atoms with Gasteiger partial charge in [-0.3, -0.25) is 24.1 Å². The number of carbonyl (C=O) groups excluding carboxylic acids is 4. The van der Waals surface area contributed by atoms with E-state index in [0.29, 0.717) is 41.5 Å². The molecule has 4 aromatic rings. The molecule has 0 unspecified atom stereocenters. The lowest BCUT2D eigenvalue weighted by Crippen LogP contribution is -2.30. The lowest BCUT2D eigenvalue weighted by molar-refractivity contribution is -0.134. The maximum Gasteiger partial charge on any atom is 0.349 e. The van der Waals surface area contributed by atoms with Crippen molar-refractivity contribution in [3.8, 4) is 5.75 Å². The molecule has 10 heteroatoms. The Hall–Kier alpha value is -4.99. The molecule has 1 aliphatic heterocycles. The number of furan rings is 1. The molecule has 2 aromatic carbocycles. The zero-order chi connectivity index (χ0) is 27.4. The third-order valence-corrected chi connectivity index (χ3v) is 6.33. The van der Waals surface area contributed by atoms with E-state index in [9.17, 15) is 24.0 Å². The van der Waals surface area contributed by atoms with Crippen molar-refractivity contribution in [1.82, 2.24) is 10.2 Å². The summed E-state index contributed by atoms with van der Waals surface area (Å²) in [6, 6.07) is 16.1. The largest absolute Gasteiger partial charge is 0.467 e. The fourth-order valence-electron chi connectivity index (χ4n) is 4.33. The zero-order valence-corrected chi connectivity index (χ0v) is 20.8. The van der Waals surface area contributed by atoms with Gasteiger partial charge in [-0.2, -0.15) is 0 Å². The van der Waals surface area contributed by atoms with Gasteiger partial charge in [-0.05, 0) is 55.3 Å². The number of benzene rings is 2. The van der Waals surface area contributed by atoms with Gasteiger partial charge in [0.25, 0.3) is 17.7 Å². The predicted octanol–water partition coefficient (Wildman–Crippen LogP) is 4.08. The van der Waals surface area contributed by atoms with Crippen LogP contribution >= 0.6 is 0 Å². The van der Waals surface area contributed by atoms with E-state index < -0.39 is 17.5 Å². The molecule has 3 amide bonds. The van der Waals surface area contributed by atoms with E-state index in [1.807, 2.05) is 0 Å². The van der Waals surface area contributed by atoms with E-state index in [1.165, 1.54) is 23.3 Å². The Labute approximate surface area is 222 Å². The average molecular weight is 529 g/mol. The number of hydrogen-bond donors (Lipinski definition) is 1. The Balaban J connectivity index is 1.10. The van der Waals surface area contributed by atoms with Crippen LogP contribution in [0.2, 0.25) is 0 Å². The number of ether oxygens (including phenoxy) is 1. The number of nitrogens with zero attached hydrogens (tertiary/aromatic N) is 1. The number of unbranched alkanes of at least 4 members (excludes halogenated alkanes) is 2. The summed E-state index contributed by atoms with van der Waals surface area (Å²) < 4.78 is 15.8. The van der Waals surface area contributed by atoms with Crippen molar-refractivity contribution in [2.24, 2.45) is 0 Å². The molecule has 2 aromatic heterocycles. The van der Waals surface area contributed by atoms with Crippen LogP contribution in [-0.4, -0.2) is 35.1 Å². The highest BCUT2D eigenvalue weighted by Crippen LogP contribution is 2.24.